The minimum atomic E-state index is -0.652. The van der Waals surface area contributed by atoms with Gasteiger partial charge in [0.05, 0.1) is 5.41 Å². The number of rotatable bonds is 4. The monoisotopic (exact) mass is 244 g/mol. The normalized spacial score (nSPS) is 22.0. The van der Waals surface area contributed by atoms with E-state index in [1.54, 1.807) is 0 Å². The summed E-state index contributed by atoms with van der Waals surface area (Å²) in [7, 11) is 0. The van der Waals surface area contributed by atoms with E-state index in [-0.39, 0.29) is 0 Å². The fraction of sp³-hybridized carbons (Fsp3) is 0.562. The molecule has 96 valence electrons. The Morgan fingerprint density at radius 3 is 2.61 bits per heavy atom. The molecule has 1 aromatic rings. The second-order valence-electron chi connectivity index (χ2n) is 5.94. The molecular weight excluding hydrogens is 224 g/mol. The van der Waals surface area contributed by atoms with Crippen molar-refractivity contribution in [2.45, 2.75) is 50.4 Å². The molecule has 2 aliphatic rings. The second-order valence-corrected chi connectivity index (χ2v) is 5.94. The van der Waals surface area contributed by atoms with Crippen LogP contribution in [0.3, 0.4) is 0 Å². The molecule has 1 aromatic carbocycles. The third-order valence-electron chi connectivity index (χ3n) is 4.64. The third-order valence-corrected chi connectivity index (χ3v) is 4.64. The SMILES string of the molecule is O=C(O)C1(c2cccc(CC3CCCC3)c2)CC1. The molecule has 0 amide bonds. The van der Waals surface area contributed by atoms with Gasteiger partial charge in [-0.2, -0.15) is 0 Å². The Bertz CT molecular complexity index is 454. The first-order valence-corrected chi connectivity index (χ1v) is 7.03. The maximum absolute atomic E-state index is 11.3. The van der Waals surface area contributed by atoms with E-state index in [1.807, 2.05) is 12.1 Å². The van der Waals surface area contributed by atoms with Crippen LogP contribution < -0.4 is 0 Å². The van der Waals surface area contributed by atoms with Gasteiger partial charge in [-0.1, -0.05) is 49.9 Å². The van der Waals surface area contributed by atoms with Crippen molar-refractivity contribution in [2.24, 2.45) is 5.92 Å². The molecule has 2 fully saturated rings. The average Bonchev–Trinajstić information content (AvgIpc) is 3.04. The molecule has 2 aliphatic carbocycles. The van der Waals surface area contributed by atoms with Crippen LogP contribution in [0.25, 0.3) is 0 Å². The summed E-state index contributed by atoms with van der Waals surface area (Å²) in [5.41, 5.74) is 1.79. The van der Waals surface area contributed by atoms with E-state index in [9.17, 15) is 9.90 Å². The minimum absolute atomic E-state index is 0.550. The topological polar surface area (TPSA) is 37.3 Å². The molecule has 0 bridgehead atoms. The molecule has 18 heavy (non-hydrogen) atoms. The number of hydrogen-bond donors (Lipinski definition) is 1. The molecule has 1 N–H and O–H groups in total. The lowest BCUT2D eigenvalue weighted by atomic mass is 9.91. The molecule has 0 aromatic heterocycles. The van der Waals surface area contributed by atoms with Crippen LogP contribution in [0.4, 0.5) is 0 Å². The van der Waals surface area contributed by atoms with E-state index < -0.39 is 11.4 Å². The Morgan fingerprint density at radius 2 is 2.00 bits per heavy atom. The van der Waals surface area contributed by atoms with Crippen LogP contribution in [-0.2, 0) is 16.6 Å². The van der Waals surface area contributed by atoms with Gasteiger partial charge in [0.2, 0.25) is 0 Å². The molecule has 0 unspecified atom stereocenters. The molecule has 2 nitrogen and oxygen atoms in total. The molecule has 0 spiro atoms. The van der Waals surface area contributed by atoms with Gasteiger partial charge in [-0.3, -0.25) is 4.79 Å². The summed E-state index contributed by atoms with van der Waals surface area (Å²) in [6.45, 7) is 0. The largest absolute Gasteiger partial charge is 0.481 e. The van der Waals surface area contributed by atoms with E-state index in [4.69, 9.17) is 0 Å². The molecule has 2 saturated carbocycles. The standard InChI is InChI=1S/C16H20O2/c17-15(18)16(8-9-16)14-7-3-6-13(11-14)10-12-4-1-2-5-12/h3,6-7,11-12H,1-2,4-5,8-10H2,(H,17,18). The van der Waals surface area contributed by atoms with Crippen molar-refractivity contribution < 1.29 is 9.90 Å². The van der Waals surface area contributed by atoms with Gasteiger partial charge >= 0.3 is 5.97 Å². The summed E-state index contributed by atoms with van der Waals surface area (Å²) < 4.78 is 0. The fourth-order valence-corrected chi connectivity index (χ4v) is 3.29. The van der Waals surface area contributed by atoms with Gasteiger partial charge in [0, 0.05) is 0 Å². The lowest BCUT2D eigenvalue weighted by Crippen LogP contribution is -2.19. The number of carbonyl (C=O) groups is 1. The molecule has 0 aliphatic heterocycles. The average molecular weight is 244 g/mol. The zero-order valence-electron chi connectivity index (χ0n) is 10.7. The zero-order valence-corrected chi connectivity index (χ0v) is 10.7. The number of hydrogen-bond acceptors (Lipinski definition) is 1. The molecule has 2 heteroatoms. The molecule has 0 radical (unpaired) electrons. The van der Waals surface area contributed by atoms with Crippen molar-refractivity contribution in [1.82, 2.24) is 0 Å². The van der Waals surface area contributed by atoms with Crippen molar-refractivity contribution in [3.05, 3.63) is 35.4 Å². The van der Waals surface area contributed by atoms with Crippen LogP contribution in [0.1, 0.15) is 49.7 Å². The number of carboxylic acids is 1. The van der Waals surface area contributed by atoms with Crippen molar-refractivity contribution in [3.8, 4) is 0 Å². The highest BCUT2D eigenvalue weighted by molar-refractivity contribution is 5.84. The Hall–Kier alpha value is -1.31. The van der Waals surface area contributed by atoms with Crippen LogP contribution in [-0.4, -0.2) is 11.1 Å². The first-order valence-electron chi connectivity index (χ1n) is 7.03. The summed E-state index contributed by atoms with van der Waals surface area (Å²) in [4.78, 5) is 11.3. The smallest absolute Gasteiger partial charge is 0.314 e. The highest BCUT2D eigenvalue weighted by Gasteiger charge is 2.51. The highest BCUT2D eigenvalue weighted by Crippen LogP contribution is 2.48. The van der Waals surface area contributed by atoms with E-state index in [0.29, 0.717) is 0 Å². The van der Waals surface area contributed by atoms with Crippen LogP contribution >= 0.6 is 0 Å². The lowest BCUT2D eigenvalue weighted by molar-refractivity contribution is -0.140. The highest BCUT2D eigenvalue weighted by atomic mass is 16.4. The molecule has 0 atom stereocenters. The summed E-state index contributed by atoms with van der Waals surface area (Å²) in [6.07, 6.45) is 8.14. The minimum Gasteiger partial charge on any atom is -0.481 e. The molecule has 3 rings (SSSR count). The predicted octanol–water partition coefficient (Wildman–Crippen LogP) is 3.54. The van der Waals surface area contributed by atoms with Crippen LogP contribution in [0.5, 0.6) is 0 Å². The summed E-state index contributed by atoms with van der Waals surface area (Å²) in [6, 6.07) is 8.31. The van der Waals surface area contributed by atoms with Crippen molar-refractivity contribution in [3.63, 3.8) is 0 Å². The first-order chi connectivity index (χ1) is 8.71. The third kappa shape index (κ3) is 2.05. The Kier molecular flexibility index (Phi) is 2.89. The maximum atomic E-state index is 11.3. The van der Waals surface area contributed by atoms with Gasteiger partial charge in [0.25, 0.3) is 0 Å². The second kappa shape index (κ2) is 4.42. The van der Waals surface area contributed by atoms with Crippen molar-refractivity contribution >= 4 is 5.97 Å². The fourth-order valence-electron chi connectivity index (χ4n) is 3.29. The molecule has 0 heterocycles. The van der Waals surface area contributed by atoms with Gasteiger partial charge < -0.3 is 5.11 Å². The summed E-state index contributed by atoms with van der Waals surface area (Å²) >= 11 is 0. The zero-order chi connectivity index (χ0) is 12.6. The van der Waals surface area contributed by atoms with Crippen molar-refractivity contribution in [2.75, 3.05) is 0 Å². The van der Waals surface area contributed by atoms with Crippen molar-refractivity contribution in [1.29, 1.82) is 0 Å². The number of benzene rings is 1. The Morgan fingerprint density at radius 1 is 1.28 bits per heavy atom. The Labute approximate surface area is 108 Å². The van der Waals surface area contributed by atoms with E-state index in [1.165, 1.54) is 31.2 Å². The van der Waals surface area contributed by atoms with Crippen LogP contribution in [0.15, 0.2) is 24.3 Å². The maximum Gasteiger partial charge on any atom is 0.314 e. The Balaban J connectivity index is 1.79. The van der Waals surface area contributed by atoms with Gasteiger partial charge in [-0.25, -0.2) is 0 Å². The first kappa shape index (κ1) is 11.8. The molecular formula is C16H20O2. The lowest BCUT2D eigenvalue weighted by Gasteiger charge is -2.14. The van der Waals surface area contributed by atoms with E-state index in [0.717, 1.165) is 30.7 Å². The number of carboxylic acid groups (broad SMARTS) is 1. The summed E-state index contributed by atoms with van der Waals surface area (Å²) in [5, 5.41) is 9.33. The number of aliphatic carboxylic acids is 1. The van der Waals surface area contributed by atoms with E-state index >= 15 is 0 Å². The van der Waals surface area contributed by atoms with Crippen LogP contribution in [0, 0.1) is 5.92 Å². The molecule has 0 saturated heterocycles. The quantitative estimate of drug-likeness (QED) is 0.879. The predicted molar refractivity (Wildman–Crippen MR) is 70.7 cm³/mol. The van der Waals surface area contributed by atoms with Gasteiger partial charge in [-0.05, 0) is 36.3 Å². The van der Waals surface area contributed by atoms with Gasteiger partial charge in [-0.15, -0.1) is 0 Å². The van der Waals surface area contributed by atoms with Gasteiger partial charge in [0.15, 0.2) is 0 Å². The van der Waals surface area contributed by atoms with E-state index in [2.05, 4.69) is 12.1 Å². The summed E-state index contributed by atoms with van der Waals surface area (Å²) in [5.74, 6) is 0.167. The van der Waals surface area contributed by atoms with Gasteiger partial charge in [0.1, 0.15) is 0 Å². The van der Waals surface area contributed by atoms with Crippen LogP contribution in [0.2, 0.25) is 0 Å².